The third-order valence-corrected chi connectivity index (χ3v) is 5.09. The highest BCUT2D eigenvalue weighted by atomic mass is 32.1. The fourth-order valence-corrected chi connectivity index (χ4v) is 3.75. The number of nitrogens with zero attached hydrogens (tertiary/aromatic N) is 3. The van der Waals surface area contributed by atoms with Crippen LogP contribution in [0.3, 0.4) is 0 Å². The number of hydrogen-bond donors (Lipinski definition) is 1. The highest BCUT2D eigenvalue weighted by molar-refractivity contribution is 7.20. The summed E-state index contributed by atoms with van der Waals surface area (Å²) in [5.74, 6) is 0.498. The third-order valence-electron chi connectivity index (χ3n) is 3.95. The summed E-state index contributed by atoms with van der Waals surface area (Å²) in [6, 6.07) is 9.79. The molecule has 1 amide bonds. The predicted octanol–water partition coefficient (Wildman–Crippen LogP) is 4.14. The van der Waals surface area contributed by atoms with Gasteiger partial charge in [0.2, 0.25) is 0 Å². The lowest BCUT2D eigenvalue weighted by Crippen LogP contribution is -2.10. The summed E-state index contributed by atoms with van der Waals surface area (Å²) < 4.78 is 19.9. The average Bonchev–Trinajstić information content (AvgIpc) is 3.28. The molecule has 1 aromatic carbocycles. The maximum atomic E-state index is 13.1. The van der Waals surface area contributed by atoms with Crippen molar-refractivity contribution in [1.82, 2.24) is 14.9 Å². The van der Waals surface area contributed by atoms with Crippen LogP contribution in [-0.2, 0) is 6.54 Å². The minimum atomic E-state index is -0.270. The number of carbonyl (C=O) groups excluding carboxylic acids is 1. The van der Waals surface area contributed by atoms with E-state index in [-0.39, 0.29) is 11.7 Å². The van der Waals surface area contributed by atoms with Gasteiger partial charge in [0.1, 0.15) is 16.4 Å². The molecule has 8 heteroatoms. The minimum Gasteiger partial charge on any atom is -0.360 e. The lowest BCUT2D eigenvalue weighted by atomic mass is 10.2. The van der Waals surface area contributed by atoms with Crippen LogP contribution < -0.4 is 5.32 Å². The van der Waals surface area contributed by atoms with Gasteiger partial charge in [-0.2, -0.15) is 5.10 Å². The zero-order valence-electron chi connectivity index (χ0n) is 14.1. The van der Waals surface area contributed by atoms with Crippen LogP contribution in [0.1, 0.15) is 26.7 Å². The van der Waals surface area contributed by atoms with Crippen molar-refractivity contribution in [2.24, 2.45) is 0 Å². The van der Waals surface area contributed by atoms with Gasteiger partial charge < -0.3 is 9.84 Å². The number of rotatable bonds is 4. The van der Waals surface area contributed by atoms with Crippen molar-refractivity contribution in [3.05, 3.63) is 64.1 Å². The number of hydrogen-bond acceptors (Lipinski definition) is 5. The number of amides is 1. The Hall–Kier alpha value is -3.00. The average molecular weight is 370 g/mol. The number of aromatic nitrogens is 3. The van der Waals surface area contributed by atoms with E-state index in [1.165, 1.54) is 23.5 Å². The first kappa shape index (κ1) is 16.5. The van der Waals surface area contributed by atoms with E-state index < -0.39 is 0 Å². The molecule has 0 spiro atoms. The Morgan fingerprint density at radius 2 is 2.04 bits per heavy atom. The molecule has 132 valence electrons. The maximum Gasteiger partial charge on any atom is 0.267 e. The van der Waals surface area contributed by atoms with Crippen molar-refractivity contribution < 1.29 is 13.7 Å². The predicted molar refractivity (Wildman–Crippen MR) is 97.0 cm³/mol. The van der Waals surface area contributed by atoms with Crippen molar-refractivity contribution in [2.75, 3.05) is 5.32 Å². The van der Waals surface area contributed by atoms with E-state index in [0.29, 0.717) is 23.0 Å². The number of thiophene rings is 1. The molecular weight excluding hydrogens is 355 g/mol. The van der Waals surface area contributed by atoms with Crippen LogP contribution in [0.5, 0.6) is 0 Å². The van der Waals surface area contributed by atoms with E-state index in [2.05, 4.69) is 15.6 Å². The van der Waals surface area contributed by atoms with Gasteiger partial charge >= 0.3 is 0 Å². The number of aryl methyl sites for hydroxylation is 2. The lowest BCUT2D eigenvalue weighted by molar-refractivity contribution is 0.102. The molecule has 0 radical (unpaired) electrons. The van der Waals surface area contributed by atoms with Gasteiger partial charge in [-0.15, -0.1) is 11.3 Å². The Morgan fingerprint density at radius 1 is 1.27 bits per heavy atom. The largest absolute Gasteiger partial charge is 0.360 e. The number of anilines is 1. The molecule has 4 rings (SSSR count). The zero-order chi connectivity index (χ0) is 18.3. The van der Waals surface area contributed by atoms with E-state index in [0.717, 1.165) is 21.5 Å². The van der Waals surface area contributed by atoms with Crippen molar-refractivity contribution in [3.8, 4) is 0 Å². The minimum absolute atomic E-state index is 0.243. The van der Waals surface area contributed by atoms with Crippen molar-refractivity contribution >= 4 is 33.3 Å². The molecule has 6 nitrogen and oxygen atoms in total. The molecule has 0 unspecified atom stereocenters. The first-order valence-electron chi connectivity index (χ1n) is 7.95. The number of benzene rings is 1. The molecule has 0 aliphatic heterocycles. The summed E-state index contributed by atoms with van der Waals surface area (Å²) in [5, 5.41) is 11.9. The first-order chi connectivity index (χ1) is 12.5. The third kappa shape index (κ3) is 3.11. The highest BCUT2D eigenvalue weighted by Gasteiger charge is 2.17. The Balaban J connectivity index is 1.62. The van der Waals surface area contributed by atoms with Gasteiger partial charge in [-0.05, 0) is 37.6 Å². The van der Waals surface area contributed by atoms with Gasteiger partial charge in [-0.3, -0.25) is 9.48 Å². The Morgan fingerprint density at radius 3 is 2.73 bits per heavy atom. The summed E-state index contributed by atoms with van der Waals surface area (Å²) in [4.78, 5) is 13.9. The van der Waals surface area contributed by atoms with E-state index in [4.69, 9.17) is 4.52 Å². The summed E-state index contributed by atoms with van der Waals surface area (Å²) >= 11 is 1.36. The van der Waals surface area contributed by atoms with Crippen LogP contribution in [0.25, 0.3) is 10.2 Å². The van der Waals surface area contributed by atoms with Crippen molar-refractivity contribution in [1.29, 1.82) is 0 Å². The lowest BCUT2D eigenvalue weighted by Gasteiger charge is -2.03. The zero-order valence-corrected chi connectivity index (χ0v) is 14.9. The van der Waals surface area contributed by atoms with Crippen LogP contribution in [0, 0.1) is 19.7 Å². The standard InChI is InChI=1S/C18H15FN4O2S/c1-10-7-16(22-25-10)20-17(24)15-8-14-11(2)21-23(18(14)26-15)9-12-3-5-13(19)6-4-12/h3-8H,9H2,1-2H3,(H,20,22,24). The molecule has 1 N–H and O–H groups in total. The molecule has 0 aliphatic rings. The Bertz CT molecular complexity index is 1090. The van der Waals surface area contributed by atoms with E-state index >= 15 is 0 Å². The van der Waals surface area contributed by atoms with Gasteiger partial charge in [0.15, 0.2) is 5.82 Å². The second-order valence-electron chi connectivity index (χ2n) is 5.98. The second-order valence-corrected chi connectivity index (χ2v) is 7.01. The first-order valence-corrected chi connectivity index (χ1v) is 8.77. The number of carbonyl (C=O) groups is 1. The number of nitrogens with one attached hydrogen (secondary N) is 1. The van der Waals surface area contributed by atoms with Crippen LogP contribution in [0.15, 0.2) is 40.9 Å². The maximum absolute atomic E-state index is 13.1. The number of fused-ring (bicyclic) bond motifs is 1. The van der Waals surface area contributed by atoms with Crippen molar-refractivity contribution in [3.63, 3.8) is 0 Å². The Kier molecular flexibility index (Phi) is 4.04. The molecule has 0 saturated heterocycles. The summed E-state index contributed by atoms with van der Waals surface area (Å²) in [5.41, 5.74) is 1.78. The van der Waals surface area contributed by atoms with Gasteiger partial charge in [-0.1, -0.05) is 17.3 Å². The molecule has 0 aliphatic carbocycles. The molecule has 0 saturated carbocycles. The molecule has 3 aromatic heterocycles. The molecule has 4 aromatic rings. The summed E-state index contributed by atoms with van der Waals surface area (Å²) in [7, 11) is 0. The molecule has 0 bridgehead atoms. The second kappa shape index (κ2) is 6.38. The molecule has 0 atom stereocenters. The molecule has 0 fully saturated rings. The van der Waals surface area contributed by atoms with E-state index in [1.807, 2.05) is 17.7 Å². The highest BCUT2D eigenvalue weighted by Crippen LogP contribution is 2.29. The molecular formula is C18H15FN4O2S. The van der Waals surface area contributed by atoms with Crippen molar-refractivity contribution in [2.45, 2.75) is 20.4 Å². The fourth-order valence-electron chi connectivity index (χ4n) is 2.70. The van der Waals surface area contributed by atoms with E-state index in [9.17, 15) is 9.18 Å². The van der Waals surface area contributed by atoms with Crippen LogP contribution in [0.4, 0.5) is 10.2 Å². The van der Waals surface area contributed by atoms with Crippen LogP contribution >= 0.6 is 11.3 Å². The van der Waals surface area contributed by atoms with Gasteiger partial charge in [0.25, 0.3) is 5.91 Å². The Labute approximate surface area is 152 Å². The molecule has 3 heterocycles. The van der Waals surface area contributed by atoms with Gasteiger partial charge in [-0.25, -0.2) is 4.39 Å². The SMILES string of the molecule is Cc1cc(NC(=O)c2cc3c(C)nn(Cc4ccc(F)cc4)c3s2)no1. The fraction of sp³-hybridized carbons (Fsp3) is 0.167. The monoisotopic (exact) mass is 370 g/mol. The smallest absolute Gasteiger partial charge is 0.267 e. The topological polar surface area (TPSA) is 73.0 Å². The summed E-state index contributed by atoms with van der Waals surface area (Å²) in [6.45, 7) is 4.17. The normalized spacial score (nSPS) is 11.2. The van der Waals surface area contributed by atoms with Crippen LogP contribution in [0.2, 0.25) is 0 Å². The quantitative estimate of drug-likeness (QED) is 0.586. The molecule has 26 heavy (non-hydrogen) atoms. The van der Waals surface area contributed by atoms with Crippen LogP contribution in [-0.4, -0.2) is 20.8 Å². The van der Waals surface area contributed by atoms with Gasteiger partial charge in [0, 0.05) is 11.5 Å². The van der Waals surface area contributed by atoms with Gasteiger partial charge in [0.05, 0.1) is 17.1 Å². The van der Waals surface area contributed by atoms with E-state index in [1.54, 1.807) is 25.1 Å². The summed E-state index contributed by atoms with van der Waals surface area (Å²) in [6.07, 6.45) is 0. The number of halogens is 1.